The van der Waals surface area contributed by atoms with Gasteiger partial charge in [-0.15, -0.1) is 0 Å². The largest absolute Gasteiger partial charge is 0.496 e. The summed E-state index contributed by atoms with van der Waals surface area (Å²) in [5.74, 6) is 0.648. The van der Waals surface area contributed by atoms with E-state index in [2.05, 4.69) is 20.8 Å². The van der Waals surface area contributed by atoms with Crippen LogP contribution < -0.4 is 4.74 Å². The fourth-order valence-corrected chi connectivity index (χ4v) is 2.40. The first-order chi connectivity index (χ1) is 10.3. The number of rotatable bonds is 7. The molecule has 1 aromatic rings. The van der Waals surface area contributed by atoms with Gasteiger partial charge in [0.15, 0.2) is 0 Å². The van der Waals surface area contributed by atoms with Gasteiger partial charge in [-0.1, -0.05) is 32.9 Å². The Bertz CT molecular complexity index is 501. The van der Waals surface area contributed by atoms with Crippen LogP contribution in [0.25, 0.3) is 0 Å². The second-order valence-electron chi connectivity index (χ2n) is 6.57. The van der Waals surface area contributed by atoms with E-state index < -0.39 is 0 Å². The van der Waals surface area contributed by atoms with E-state index in [0.717, 1.165) is 22.4 Å². The summed E-state index contributed by atoms with van der Waals surface area (Å²) >= 11 is 0. The molecule has 0 saturated carbocycles. The van der Waals surface area contributed by atoms with Crippen molar-refractivity contribution in [1.29, 1.82) is 0 Å². The Kier molecular flexibility index (Phi) is 6.88. The molecule has 0 aromatic heterocycles. The zero-order valence-electron chi connectivity index (χ0n) is 14.4. The lowest BCUT2D eigenvalue weighted by Crippen LogP contribution is -2.15. The van der Waals surface area contributed by atoms with Gasteiger partial charge in [-0.3, -0.25) is 4.79 Å². The minimum absolute atomic E-state index is 0.0584. The van der Waals surface area contributed by atoms with Crippen LogP contribution in [0.4, 0.5) is 0 Å². The number of hydrogen-bond acceptors (Lipinski definition) is 4. The van der Waals surface area contributed by atoms with Gasteiger partial charge in [0.05, 0.1) is 20.1 Å². The lowest BCUT2D eigenvalue weighted by Gasteiger charge is -2.24. The van der Waals surface area contributed by atoms with Gasteiger partial charge in [-0.25, -0.2) is 0 Å². The third kappa shape index (κ3) is 5.34. The average molecular weight is 308 g/mol. The van der Waals surface area contributed by atoms with Crippen LogP contribution in [0.2, 0.25) is 0 Å². The van der Waals surface area contributed by atoms with Crippen LogP contribution in [0.5, 0.6) is 5.75 Å². The van der Waals surface area contributed by atoms with Crippen molar-refractivity contribution in [3.05, 3.63) is 28.8 Å². The van der Waals surface area contributed by atoms with Crippen LogP contribution >= 0.6 is 0 Å². The van der Waals surface area contributed by atoms with E-state index in [9.17, 15) is 4.79 Å². The predicted octanol–water partition coefficient (Wildman–Crippen LogP) is 3.16. The maximum absolute atomic E-state index is 11.9. The highest BCUT2D eigenvalue weighted by atomic mass is 16.5. The molecular formula is C18H28O4. The predicted molar refractivity (Wildman–Crippen MR) is 87.4 cm³/mol. The molecule has 0 heterocycles. The zero-order chi connectivity index (χ0) is 16.8. The molecule has 0 atom stereocenters. The van der Waals surface area contributed by atoms with Crippen molar-refractivity contribution in [2.75, 3.05) is 20.3 Å². The maximum Gasteiger partial charge on any atom is 0.310 e. The number of aliphatic hydroxyl groups excluding tert-OH is 1. The summed E-state index contributed by atoms with van der Waals surface area (Å²) in [5.41, 5.74) is 3.00. The monoisotopic (exact) mass is 308 g/mol. The third-order valence-electron chi connectivity index (χ3n) is 3.51. The first-order valence-electron chi connectivity index (χ1n) is 7.74. The molecule has 1 aromatic carbocycles. The second-order valence-corrected chi connectivity index (χ2v) is 6.57. The van der Waals surface area contributed by atoms with Gasteiger partial charge in [0.2, 0.25) is 0 Å². The van der Waals surface area contributed by atoms with Crippen LogP contribution in [0.1, 0.15) is 50.3 Å². The molecule has 0 spiro atoms. The molecule has 0 amide bonds. The lowest BCUT2D eigenvalue weighted by atomic mass is 9.84. The van der Waals surface area contributed by atoms with Crippen molar-refractivity contribution < 1.29 is 19.4 Å². The molecule has 22 heavy (non-hydrogen) atoms. The molecule has 4 nitrogen and oxygen atoms in total. The summed E-state index contributed by atoms with van der Waals surface area (Å²) in [7, 11) is 1.67. The van der Waals surface area contributed by atoms with Crippen molar-refractivity contribution in [2.24, 2.45) is 0 Å². The van der Waals surface area contributed by atoms with Crippen LogP contribution in [-0.4, -0.2) is 31.4 Å². The summed E-state index contributed by atoms with van der Waals surface area (Å²) in [4.78, 5) is 11.9. The molecular weight excluding hydrogens is 280 g/mol. The molecule has 0 unspecified atom stereocenters. The lowest BCUT2D eigenvalue weighted by molar-refractivity contribution is -0.143. The van der Waals surface area contributed by atoms with E-state index in [1.54, 1.807) is 7.11 Å². The summed E-state index contributed by atoms with van der Waals surface area (Å²) in [6.07, 6.45) is 1.60. The second kappa shape index (κ2) is 8.18. The Hall–Kier alpha value is -1.55. The Morgan fingerprint density at radius 1 is 1.23 bits per heavy atom. The molecule has 0 radical (unpaired) electrons. The molecule has 0 saturated heterocycles. The van der Waals surface area contributed by atoms with Gasteiger partial charge in [-0.05, 0) is 36.3 Å². The molecule has 4 heteroatoms. The molecule has 0 aliphatic rings. The standard InChI is InChI=1S/C18H28O4/c1-13-10-14(12-16(20)22-9-7-6-8-19)11-15(17(13)21-5)18(2,3)4/h10-11,19H,6-9,12H2,1-5H3. The number of aliphatic hydroxyl groups is 1. The van der Waals surface area contributed by atoms with Gasteiger partial charge in [0, 0.05) is 12.2 Å². The van der Waals surface area contributed by atoms with Gasteiger partial charge in [0.1, 0.15) is 5.75 Å². The van der Waals surface area contributed by atoms with E-state index in [-0.39, 0.29) is 24.4 Å². The summed E-state index contributed by atoms with van der Waals surface area (Å²) in [5, 5.41) is 8.70. The normalized spacial score (nSPS) is 11.4. The molecule has 124 valence electrons. The number of unbranched alkanes of at least 4 members (excludes halogenated alkanes) is 1. The Morgan fingerprint density at radius 3 is 2.45 bits per heavy atom. The number of aryl methyl sites for hydroxylation is 1. The molecule has 1 rings (SSSR count). The highest BCUT2D eigenvalue weighted by molar-refractivity contribution is 5.73. The highest BCUT2D eigenvalue weighted by Crippen LogP contribution is 2.35. The quantitative estimate of drug-likeness (QED) is 0.621. The van der Waals surface area contributed by atoms with Gasteiger partial charge in [0.25, 0.3) is 0 Å². The smallest absolute Gasteiger partial charge is 0.310 e. The molecule has 0 aliphatic heterocycles. The SMILES string of the molecule is COc1c(C)cc(CC(=O)OCCCCO)cc1C(C)(C)C. The molecule has 0 bridgehead atoms. The van der Waals surface area contributed by atoms with E-state index in [0.29, 0.717) is 19.4 Å². The Balaban J connectivity index is 2.84. The minimum Gasteiger partial charge on any atom is -0.496 e. The van der Waals surface area contributed by atoms with E-state index in [4.69, 9.17) is 14.6 Å². The summed E-state index contributed by atoms with van der Waals surface area (Å²) < 4.78 is 10.7. The first-order valence-corrected chi connectivity index (χ1v) is 7.74. The zero-order valence-corrected chi connectivity index (χ0v) is 14.4. The number of carbonyl (C=O) groups is 1. The molecule has 0 fully saturated rings. The van der Waals surface area contributed by atoms with E-state index >= 15 is 0 Å². The molecule has 1 N–H and O–H groups in total. The van der Waals surface area contributed by atoms with Crippen LogP contribution in [0.15, 0.2) is 12.1 Å². The van der Waals surface area contributed by atoms with Gasteiger partial charge in [-0.2, -0.15) is 0 Å². The number of methoxy groups -OCH3 is 1. The number of esters is 1. The minimum atomic E-state index is -0.234. The van der Waals surface area contributed by atoms with E-state index in [1.807, 2.05) is 19.1 Å². The van der Waals surface area contributed by atoms with Gasteiger partial charge >= 0.3 is 5.97 Å². The number of carbonyl (C=O) groups excluding carboxylic acids is 1. The number of ether oxygens (including phenoxy) is 2. The van der Waals surface area contributed by atoms with Crippen molar-refractivity contribution in [3.8, 4) is 5.75 Å². The Labute approximate surface area is 133 Å². The third-order valence-corrected chi connectivity index (χ3v) is 3.51. The average Bonchev–Trinajstić information content (AvgIpc) is 2.42. The van der Waals surface area contributed by atoms with E-state index in [1.165, 1.54) is 0 Å². The van der Waals surface area contributed by atoms with Crippen molar-refractivity contribution in [3.63, 3.8) is 0 Å². The van der Waals surface area contributed by atoms with Crippen molar-refractivity contribution in [1.82, 2.24) is 0 Å². The first kappa shape index (κ1) is 18.5. The fraction of sp³-hybridized carbons (Fsp3) is 0.611. The van der Waals surface area contributed by atoms with Crippen LogP contribution in [0, 0.1) is 6.92 Å². The van der Waals surface area contributed by atoms with Gasteiger partial charge < -0.3 is 14.6 Å². The van der Waals surface area contributed by atoms with Crippen LogP contribution in [-0.2, 0) is 21.4 Å². The number of hydrogen-bond donors (Lipinski definition) is 1. The molecule has 0 aliphatic carbocycles. The maximum atomic E-state index is 11.9. The highest BCUT2D eigenvalue weighted by Gasteiger charge is 2.21. The van der Waals surface area contributed by atoms with Crippen molar-refractivity contribution >= 4 is 5.97 Å². The number of benzene rings is 1. The van der Waals surface area contributed by atoms with Crippen molar-refractivity contribution in [2.45, 2.75) is 52.4 Å². The summed E-state index contributed by atoms with van der Waals surface area (Å²) in [6, 6.07) is 4.00. The topological polar surface area (TPSA) is 55.8 Å². The summed E-state index contributed by atoms with van der Waals surface area (Å²) in [6.45, 7) is 8.86. The van der Waals surface area contributed by atoms with Crippen LogP contribution in [0.3, 0.4) is 0 Å². The Morgan fingerprint density at radius 2 is 1.91 bits per heavy atom. The fourth-order valence-electron chi connectivity index (χ4n) is 2.40.